The molecule has 0 saturated heterocycles. The first-order chi connectivity index (χ1) is 7.25. The lowest BCUT2D eigenvalue weighted by Gasteiger charge is -2.13. The Kier molecular flexibility index (Phi) is 4.55. The van der Waals surface area contributed by atoms with Gasteiger partial charge >= 0.3 is 0 Å². The molecule has 1 saturated carbocycles. The van der Waals surface area contributed by atoms with Crippen LogP contribution in [0.5, 0.6) is 5.75 Å². The van der Waals surface area contributed by atoms with Crippen LogP contribution >= 0.6 is 12.4 Å². The molecule has 1 aromatic rings. The maximum atomic E-state index is 7.28. The molecule has 4 nitrogen and oxygen atoms in total. The molecular formula is C11H16ClN3O. The Morgan fingerprint density at radius 1 is 1.44 bits per heavy atom. The highest BCUT2D eigenvalue weighted by Crippen LogP contribution is 2.23. The van der Waals surface area contributed by atoms with Crippen LogP contribution in [-0.2, 0) is 0 Å². The number of nitrogens with zero attached hydrogens (tertiary/aromatic N) is 1. The number of nitrogen functional groups attached to an aromatic ring is 1. The number of nitrogens with one attached hydrogen (secondary N) is 1. The Morgan fingerprint density at radius 2 is 2.12 bits per heavy atom. The van der Waals surface area contributed by atoms with Crippen molar-refractivity contribution < 1.29 is 4.74 Å². The summed E-state index contributed by atoms with van der Waals surface area (Å²) >= 11 is 0. The summed E-state index contributed by atoms with van der Waals surface area (Å²) in [5, 5.41) is 7.28. The smallest absolute Gasteiger partial charge is 0.141 e. The van der Waals surface area contributed by atoms with E-state index in [9.17, 15) is 0 Å². The van der Waals surface area contributed by atoms with E-state index < -0.39 is 0 Å². The fourth-order valence-electron chi connectivity index (χ4n) is 1.83. The molecule has 0 spiro atoms. The van der Waals surface area contributed by atoms with E-state index >= 15 is 0 Å². The van der Waals surface area contributed by atoms with Gasteiger partial charge < -0.3 is 10.5 Å². The van der Waals surface area contributed by atoms with Crippen molar-refractivity contribution >= 4 is 18.2 Å². The van der Waals surface area contributed by atoms with Crippen molar-refractivity contribution in [2.45, 2.75) is 31.8 Å². The van der Waals surface area contributed by atoms with Gasteiger partial charge in [0.15, 0.2) is 0 Å². The summed E-state index contributed by atoms with van der Waals surface area (Å²) < 4.78 is 5.77. The first-order valence-corrected chi connectivity index (χ1v) is 5.23. The van der Waals surface area contributed by atoms with Crippen LogP contribution in [0.3, 0.4) is 0 Å². The van der Waals surface area contributed by atoms with Crippen molar-refractivity contribution in [3.05, 3.63) is 24.0 Å². The Labute approximate surface area is 101 Å². The molecule has 3 N–H and O–H groups in total. The predicted octanol–water partition coefficient (Wildman–Crippen LogP) is 2.11. The summed E-state index contributed by atoms with van der Waals surface area (Å²) in [7, 11) is 0. The van der Waals surface area contributed by atoms with Gasteiger partial charge in [0.05, 0.1) is 6.10 Å². The molecule has 0 aliphatic heterocycles. The number of hydrogen-bond donors (Lipinski definition) is 2. The third-order valence-corrected chi connectivity index (χ3v) is 2.61. The number of rotatable bonds is 3. The summed E-state index contributed by atoms with van der Waals surface area (Å²) in [5.74, 6) is 0.744. The van der Waals surface area contributed by atoms with Gasteiger partial charge in [0, 0.05) is 12.3 Å². The van der Waals surface area contributed by atoms with E-state index in [4.69, 9.17) is 15.9 Å². The van der Waals surface area contributed by atoms with Gasteiger partial charge in [-0.25, -0.2) is 0 Å². The van der Waals surface area contributed by atoms with Gasteiger partial charge in [-0.05, 0) is 31.7 Å². The molecular weight excluding hydrogens is 226 g/mol. The molecule has 0 bridgehead atoms. The molecule has 5 heteroatoms. The van der Waals surface area contributed by atoms with Crippen molar-refractivity contribution in [2.24, 2.45) is 5.73 Å². The van der Waals surface area contributed by atoms with Crippen LogP contribution in [0.1, 0.15) is 31.4 Å². The summed E-state index contributed by atoms with van der Waals surface area (Å²) in [6.45, 7) is 0. The number of aromatic nitrogens is 1. The molecule has 0 aromatic carbocycles. The lowest BCUT2D eigenvalue weighted by molar-refractivity contribution is 0.210. The third-order valence-electron chi connectivity index (χ3n) is 2.61. The van der Waals surface area contributed by atoms with Gasteiger partial charge in [0.1, 0.15) is 17.3 Å². The average Bonchev–Trinajstić information content (AvgIpc) is 2.71. The molecule has 1 aliphatic carbocycles. The van der Waals surface area contributed by atoms with Gasteiger partial charge in [-0.15, -0.1) is 12.4 Å². The fraction of sp³-hybridized carbons (Fsp3) is 0.455. The fourth-order valence-corrected chi connectivity index (χ4v) is 1.83. The molecule has 1 fully saturated rings. The summed E-state index contributed by atoms with van der Waals surface area (Å²) in [4.78, 5) is 3.98. The average molecular weight is 242 g/mol. The topological polar surface area (TPSA) is 72.0 Å². The van der Waals surface area contributed by atoms with Gasteiger partial charge in [-0.2, -0.15) is 0 Å². The maximum absolute atomic E-state index is 7.28. The Morgan fingerprint density at radius 3 is 2.75 bits per heavy atom. The van der Waals surface area contributed by atoms with E-state index in [1.165, 1.54) is 12.8 Å². The highest BCUT2D eigenvalue weighted by molar-refractivity contribution is 5.93. The molecule has 1 aliphatic rings. The lowest BCUT2D eigenvalue weighted by atomic mass is 10.3. The van der Waals surface area contributed by atoms with Crippen molar-refractivity contribution in [2.75, 3.05) is 0 Å². The lowest BCUT2D eigenvalue weighted by Crippen LogP contribution is -2.15. The van der Waals surface area contributed by atoms with E-state index in [-0.39, 0.29) is 18.2 Å². The number of nitrogens with two attached hydrogens (primary N) is 1. The number of ether oxygens (including phenoxy) is 1. The van der Waals surface area contributed by atoms with Crippen LogP contribution in [0.2, 0.25) is 0 Å². The summed E-state index contributed by atoms with van der Waals surface area (Å²) in [5.41, 5.74) is 5.83. The van der Waals surface area contributed by atoms with Crippen LogP contribution in [0.25, 0.3) is 0 Å². The Balaban J connectivity index is 0.00000128. The molecule has 16 heavy (non-hydrogen) atoms. The standard InChI is InChI=1S/C11H15N3O.ClH/c12-11(13)10-7-9(5-6-14-10)15-8-3-1-2-4-8;/h5-8H,1-4H2,(H3,12,13);1H. The van der Waals surface area contributed by atoms with E-state index in [0.29, 0.717) is 11.8 Å². The summed E-state index contributed by atoms with van der Waals surface area (Å²) in [6.07, 6.45) is 6.69. The molecule has 0 unspecified atom stereocenters. The normalized spacial score (nSPS) is 15.5. The summed E-state index contributed by atoms with van der Waals surface area (Å²) in [6, 6.07) is 3.53. The van der Waals surface area contributed by atoms with E-state index in [2.05, 4.69) is 4.98 Å². The van der Waals surface area contributed by atoms with E-state index in [1.807, 2.05) is 6.07 Å². The monoisotopic (exact) mass is 241 g/mol. The SMILES string of the molecule is Cl.N=C(N)c1cc(OC2CCCC2)ccn1. The predicted molar refractivity (Wildman–Crippen MR) is 65.4 cm³/mol. The van der Waals surface area contributed by atoms with Crippen LogP contribution in [0.4, 0.5) is 0 Å². The number of hydrogen-bond acceptors (Lipinski definition) is 3. The largest absolute Gasteiger partial charge is 0.490 e. The zero-order chi connectivity index (χ0) is 10.7. The third kappa shape index (κ3) is 3.10. The van der Waals surface area contributed by atoms with Crippen LogP contribution in [0, 0.1) is 5.41 Å². The zero-order valence-electron chi connectivity index (χ0n) is 8.98. The maximum Gasteiger partial charge on any atom is 0.141 e. The minimum Gasteiger partial charge on any atom is -0.490 e. The highest BCUT2D eigenvalue weighted by Gasteiger charge is 2.16. The van der Waals surface area contributed by atoms with Crippen LogP contribution in [-0.4, -0.2) is 16.9 Å². The molecule has 0 radical (unpaired) electrons. The first-order valence-electron chi connectivity index (χ1n) is 5.23. The molecule has 0 atom stereocenters. The molecule has 88 valence electrons. The minimum absolute atomic E-state index is 0. The van der Waals surface area contributed by atoms with Crippen molar-refractivity contribution in [3.63, 3.8) is 0 Å². The van der Waals surface area contributed by atoms with Gasteiger partial charge in [0.2, 0.25) is 0 Å². The quantitative estimate of drug-likeness (QED) is 0.629. The zero-order valence-corrected chi connectivity index (χ0v) is 9.80. The van der Waals surface area contributed by atoms with Gasteiger partial charge in [-0.3, -0.25) is 10.4 Å². The molecule has 0 amide bonds. The minimum atomic E-state index is -0.0214. The van der Waals surface area contributed by atoms with Crippen molar-refractivity contribution in [1.29, 1.82) is 5.41 Å². The molecule has 1 aromatic heterocycles. The van der Waals surface area contributed by atoms with Crippen LogP contribution < -0.4 is 10.5 Å². The number of amidine groups is 1. The second kappa shape index (κ2) is 5.70. The highest BCUT2D eigenvalue weighted by atomic mass is 35.5. The number of halogens is 1. The Hall–Kier alpha value is -1.29. The van der Waals surface area contributed by atoms with Gasteiger partial charge in [-0.1, -0.05) is 0 Å². The van der Waals surface area contributed by atoms with E-state index in [0.717, 1.165) is 18.6 Å². The van der Waals surface area contributed by atoms with E-state index in [1.54, 1.807) is 12.3 Å². The van der Waals surface area contributed by atoms with Crippen molar-refractivity contribution in [1.82, 2.24) is 4.98 Å². The Bertz CT molecular complexity index is 364. The van der Waals surface area contributed by atoms with Crippen molar-refractivity contribution in [3.8, 4) is 5.75 Å². The van der Waals surface area contributed by atoms with Gasteiger partial charge in [0.25, 0.3) is 0 Å². The van der Waals surface area contributed by atoms with Crippen LogP contribution in [0.15, 0.2) is 18.3 Å². The molecule has 1 heterocycles. The molecule has 2 rings (SSSR count). The second-order valence-electron chi connectivity index (χ2n) is 3.81. The number of pyridine rings is 1. The first kappa shape index (κ1) is 12.8. The second-order valence-corrected chi connectivity index (χ2v) is 3.81.